The molecule has 140 valence electrons. The molecule has 0 bridgehead atoms. The molecule has 1 aliphatic rings. The van der Waals surface area contributed by atoms with Crippen LogP contribution in [0.25, 0.3) is 0 Å². The van der Waals surface area contributed by atoms with Crippen LogP contribution in [-0.2, 0) is 15.1 Å². The van der Waals surface area contributed by atoms with Gasteiger partial charge >= 0.3 is 5.97 Å². The van der Waals surface area contributed by atoms with E-state index in [1.807, 2.05) is 30.3 Å². The molecule has 1 fully saturated rings. The third-order valence-electron chi connectivity index (χ3n) is 6.09. The molecule has 1 saturated carbocycles. The molecule has 4 N–H and O–H groups in total. The number of esters is 1. The first-order valence-corrected chi connectivity index (χ1v) is 9.76. The van der Waals surface area contributed by atoms with Crippen molar-refractivity contribution >= 4 is 5.97 Å². The van der Waals surface area contributed by atoms with Crippen LogP contribution in [0.4, 0.5) is 0 Å². The van der Waals surface area contributed by atoms with Gasteiger partial charge in [0.05, 0.1) is 12.1 Å². The number of aliphatic hydroxyl groups is 1. The number of carbonyl (C=O) groups is 1. The van der Waals surface area contributed by atoms with Crippen molar-refractivity contribution in [3.63, 3.8) is 0 Å². The summed E-state index contributed by atoms with van der Waals surface area (Å²) in [5, 5.41) is 11.4. The SMILES string of the molecule is CCC([NH3+])(CC)CCOC(=O)C(O)(c1ccccc1)C1CCCCC1. The maximum atomic E-state index is 12.9. The van der Waals surface area contributed by atoms with E-state index in [-0.39, 0.29) is 11.5 Å². The molecule has 4 nitrogen and oxygen atoms in total. The molecule has 0 radical (unpaired) electrons. The molecule has 1 unspecified atom stereocenters. The van der Waals surface area contributed by atoms with Gasteiger partial charge in [0.25, 0.3) is 0 Å². The molecule has 1 atom stereocenters. The predicted octanol–water partition coefficient (Wildman–Crippen LogP) is 3.19. The summed E-state index contributed by atoms with van der Waals surface area (Å²) in [5.74, 6) is -0.571. The fraction of sp³-hybridized carbons (Fsp3) is 0.667. The quantitative estimate of drug-likeness (QED) is 0.709. The molecule has 0 amide bonds. The first-order chi connectivity index (χ1) is 12.0. The van der Waals surface area contributed by atoms with Crippen LogP contribution in [0.3, 0.4) is 0 Å². The number of rotatable bonds is 8. The van der Waals surface area contributed by atoms with Gasteiger partial charge in [-0.1, -0.05) is 63.4 Å². The summed E-state index contributed by atoms with van der Waals surface area (Å²) in [6, 6.07) is 9.30. The predicted molar refractivity (Wildman–Crippen MR) is 98.7 cm³/mol. The van der Waals surface area contributed by atoms with Crippen LogP contribution in [0.2, 0.25) is 0 Å². The fourth-order valence-electron chi connectivity index (χ4n) is 3.81. The molecule has 2 rings (SSSR count). The van der Waals surface area contributed by atoms with E-state index >= 15 is 0 Å². The summed E-state index contributed by atoms with van der Waals surface area (Å²) in [6.45, 7) is 4.53. The van der Waals surface area contributed by atoms with E-state index in [2.05, 4.69) is 19.6 Å². The summed E-state index contributed by atoms with van der Waals surface area (Å²) in [6.07, 6.45) is 7.64. The Morgan fingerprint density at radius 3 is 2.32 bits per heavy atom. The van der Waals surface area contributed by atoms with Gasteiger partial charge in [-0.25, -0.2) is 4.79 Å². The number of hydrogen-bond donors (Lipinski definition) is 2. The maximum absolute atomic E-state index is 12.9. The van der Waals surface area contributed by atoms with Crippen LogP contribution < -0.4 is 5.73 Å². The van der Waals surface area contributed by atoms with Gasteiger partial charge in [-0.2, -0.15) is 0 Å². The second kappa shape index (κ2) is 8.81. The van der Waals surface area contributed by atoms with Crippen molar-refractivity contribution in [1.82, 2.24) is 0 Å². The Hall–Kier alpha value is -1.39. The average Bonchev–Trinajstić information content (AvgIpc) is 2.68. The van der Waals surface area contributed by atoms with Gasteiger partial charge < -0.3 is 15.6 Å². The monoisotopic (exact) mass is 348 g/mol. The van der Waals surface area contributed by atoms with Crippen molar-refractivity contribution in [1.29, 1.82) is 0 Å². The van der Waals surface area contributed by atoms with E-state index in [9.17, 15) is 9.90 Å². The lowest BCUT2D eigenvalue weighted by Crippen LogP contribution is -2.72. The van der Waals surface area contributed by atoms with Crippen molar-refractivity contribution in [3.05, 3.63) is 35.9 Å². The largest absolute Gasteiger partial charge is 0.463 e. The van der Waals surface area contributed by atoms with Crippen LogP contribution in [0, 0.1) is 5.92 Å². The minimum atomic E-state index is -1.54. The molecule has 4 heteroatoms. The van der Waals surface area contributed by atoms with E-state index in [4.69, 9.17) is 4.74 Å². The van der Waals surface area contributed by atoms with E-state index in [1.54, 1.807) is 0 Å². The second-order valence-electron chi connectivity index (χ2n) is 7.56. The van der Waals surface area contributed by atoms with Crippen LogP contribution in [0.15, 0.2) is 30.3 Å². The van der Waals surface area contributed by atoms with Gasteiger partial charge in [-0.15, -0.1) is 0 Å². The Labute approximate surface area is 151 Å². The Morgan fingerprint density at radius 2 is 1.76 bits per heavy atom. The molecule has 0 heterocycles. The van der Waals surface area contributed by atoms with Crippen LogP contribution in [0.1, 0.15) is 70.8 Å². The lowest BCUT2D eigenvalue weighted by molar-refractivity contribution is -0.482. The highest BCUT2D eigenvalue weighted by atomic mass is 16.5. The Bertz CT molecular complexity index is 535. The highest BCUT2D eigenvalue weighted by Crippen LogP contribution is 2.40. The smallest absolute Gasteiger partial charge is 0.343 e. The number of benzene rings is 1. The maximum Gasteiger partial charge on any atom is 0.343 e. The van der Waals surface area contributed by atoms with Gasteiger partial charge in [-0.3, -0.25) is 0 Å². The van der Waals surface area contributed by atoms with Gasteiger partial charge in [0.1, 0.15) is 0 Å². The van der Waals surface area contributed by atoms with Crippen LogP contribution in [0.5, 0.6) is 0 Å². The highest BCUT2D eigenvalue weighted by Gasteiger charge is 2.47. The Morgan fingerprint density at radius 1 is 1.16 bits per heavy atom. The van der Waals surface area contributed by atoms with Crippen LogP contribution >= 0.6 is 0 Å². The molecule has 1 aromatic rings. The van der Waals surface area contributed by atoms with Crippen molar-refractivity contribution in [2.24, 2.45) is 5.92 Å². The molecule has 0 spiro atoms. The summed E-state index contributed by atoms with van der Waals surface area (Å²) in [5.41, 5.74) is 3.31. The van der Waals surface area contributed by atoms with E-state index in [1.165, 1.54) is 6.42 Å². The van der Waals surface area contributed by atoms with Gasteiger partial charge in [-0.05, 0) is 31.2 Å². The van der Waals surface area contributed by atoms with E-state index < -0.39 is 11.6 Å². The molecule has 1 aromatic carbocycles. The Balaban J connectivity index is 2.13. The molecule has 25 heavy (non-hydrogen) atoms. The molecule has 0 aromatic heterocycles. The summed E-state index contributed by atoms with van der Waals surface area (Å²) in [7, 11) is 0. The number of carbonyl (C=O) groups excluding carboxylic acids is 1. The lowest BCUT2D eigenvalue weighted by Gasteiger charge is -2.37. The fourth-order valence-corrected chi connectivity index (χ4v) is 3.81. The number of hydrogen-bond acceptors (Lipinski definition) is 3. The molecular formula is C21H34NO3+. The van der Waals surface area contributed by atoms with Gasteiger partial charge in [0.2, 0.25) is 0 Å². The van der Waals surface area contributed by atoms with Crippen molar-refractivity contribution in [2.75, 3.05) is 6.61 Å². The third kappa shape index (κ3) is 4.62. The zero-order valence-corrected chi connectivity index (χ0v) is 15.8. The van der Waals surface area contributed by atoms with E-state index in [0.717, 1.165) is 44.9 Å². The molecule has 0 saturated heterocycles. The van der Waals surface area contributed by atoms with Gasteiger partial charge in [0.15, 0.2) is 5.60 Å². The summed E-state index contributed by atoms with van der Waals surface area (Å²) < 4.78 is 5.59. The normalized spacial score (nSPS) is 18.6. The topological polar surface area (TPSA) is 74.2 Å². The standard InChI is InChI=1S/C21H33NO3/c1-3-20(22,4-2)15-16-25-19(23)21(24,17-11-7-5-8-12-17)18-13-9-6-10-14-18/h5,7-8,11-12,18,24H,3-4,6,9-10,13-16,22H2,1-2H3/p+1. The Kier molecular flexibility index (Phi) is 7.03. The minimum Gasteiger partial charge on any atom is -0.463 e. The van der Waals surface area contributed by atoms with Crippen molar-refractivity contribution in [2.45, 2.75) is 76.4 Å². The molecular weight excluding hydrogens is 314 g/mol. The third-order valence-corrected chi connectivity index (χ3v) is 6.09. The first-order valence-electron chi connectivity index (χ1n) is 9.76. The first kappa shape index (κ1) is 19.9. The zero-order chi connectivity index (χ0) is 18.3. The second-order valence-corrected chi connectivity index (χ2v) is 7.56. The van der Waals surface area contributed by atoms with Crippen LogP contribution in [-0.4, -0.2) is 23.2 Å². The van der Waals surface area contributed by atoms with Crippen molar-refractivity contribution < 1.29 is 20.4 Å². The zero-order valence-electron chi connectivity index (χ0n) is 15.8. The number of ether oxygens (including phenoxy) is 1. The molecule has 0 aliphatic heterocycles. The van der Waals surface area contributed by atoms with Gasteiger partial charge in [0, 0.05) is 12.3 Å². The summed E-state index contributed by atoms with van der Waals surface area (Å²) in [4.78, 5) is 12.9. The molecule has 1 aliphatic carbocycles. The highest BCUT2D eigenvalue weighted by molar-refractivity contribution is 5.81. The number of quaternary nitrogens is 1. The average molecular weight is 349 g/mol. The van der Waals surface area contributed by atoms with Crippen molar-refractivity contribution in [3.8, 4) is 0 Å². The summed E-state index contributed by atoms with van der Waals surface area (Å²) >= 11 is 0. The van der Waals surface area contributed by atoms with E-state index in [0.29, 0.717) is 12.2 Å². The lowest BCUT2D eigenvalue weighted by atomic mass is 9.73. The minimum absolute atomic E-state index is 0.0595.